The van der Waals surface area contributed by atoms with Gasteiger partial charge in [0.15, 0.2) is 6.61 Å². The summed E-state index contributed by atoms with van der Waals surface area (Å²) in [6.45, 7) is 6.24. The summed E-state index contributed by atoms with van der Waals surface area (Å²) >= 11 is 0. The van der Waals surface area contributed by atoms with Gasteiger partial charge in [-0.25, -0.2) is 4.98 Å². The Labute approximate surface area is 162 Å². The monoisotopic (exact) mass is 398 g/mol. The predicted molar refractivity (Wildman–Crippen MR) is 99.8 cm³/mol. The predicted octanol–water partition coefficient (Wildman–Crippen LogP) is 3.65. The molecule has 1 aromatic heterocycles. The lowest BCUT2D eigenvalue weighted by Crippen LogP contribution is -2.27. The van der Waals surface area contributed by atoms with Gasteiger partial charge in [0.25, 0.3) is 5.91 Å². The maximum Gasteiger partial charge on any atom is 0.422 e. The smallest absolute Gasteiger partial charge is 0.422 e. The lowest BCUT2D eigenvalue weighted by Gasteiger charge is -2.15. The third-order valence-corrected chi connectivity index (χ3v) is 2.90. The Morgan fingerprint density at radius 1 is 1.25 bits per heavy atom. The maximum absolute atomic E-state index is 12.2. The van der Waals surface area contributed by atoms with E-state index < -0.39 is 24.7 Å². The zero-order valence-electron chi connectivity index (χ0n) is 16.2. The lowest BCUT2D eigenvalue weighted by atomic mass is 10.1. The van der Waals surface area contributed by atoms with Gasteiger partial charge in [-0.05, 0) is 45.4 Å². The van der Waals surface area contributed by atoms with Crippen LogP contribution in [0.3, 0.4) is 0 Å². The van der Waals surface area contributed by atoms with Crippen LogP contribution in [0.15, 0.2) is 42.9 Å². The van der Waals surface area contributed by atoms with Crippen LogP contribution in [0.4, 0.5) is 13.2 Å². The Hall–Kier alpha value is -2.68. The minimum absolute atomic E-state index is 0. The molecule has 0 saturated heterocycles. The third kappa shape index (κ3) is 10.5. The van der Waals surface area contributed by atoms with Crippen molar-refractivity contribution < 1.29 is 22.7 Å². The molecule has 0 aliphatic heterocycles. The number of carbonyl (C=O) groups excluding carboxylic acids is 1. The molecule has 1 aromatic carbocycles. The highest BCUT2D eigenvalue weighted by Crippen LogP contribution is 2.22. The zero-order valence-corrected chi connectivity index (χ0v) is 16.2. The molecule has 1 heterocycles. The summed E-state index contributed by atoms with van der Waals surface area (Å²) < 4.78 is 41.2. The molecule has 2 rings (SSSR count). The fourth-order valence-electron chi connectivity index (χ4n) is 1.81. The number of aromatic nitrogens is 2. The highest BCUT2D eigenvalue weighted by molar-refractivity contribution is 5.92. The van der Waals surface area contributed by atoms with Gasteiger partial charge in [-0.3, -0.25) is 9.78 Å². The number of nitrogens with zero attached hydrogens (tertiary/aromatic N) is 2. The molecule has 6 nitrogen and oxygen atoms in total. The second kappa shape index (κ2) is 10.0. The minimum Gasteiger partial charge on any atom is -0.484 e. The third-order valence-electron chi connectivity index (χ3n) is 2.90. The van der Waals surface area contributed by atoms with Crippen molar-refractivity contribution in [1.82, 2.24) is 15.3 Å². The molecule has 0 spiro atoms. The van der Waals surface area contributed by atoms with Gasteiger partial charge in [0.1, 0.15) is 11.4 Å². The number of nitrogens with two attached hydrogens (primary N) is 1. The van der Waals surface area contributed by atoms with E-state index in [0.717, 1.165) is 0 Å². The first kappa shape index (κ1) is 23.4. The summed E-state index contributed by atoms with van der Waals surface area (Å²) in [5.41, 5.74) is 6.12. The summed E-state index contributed by atoms with van der Waals surface area (Å²) in [6, 6.07) is 5.69. The fourth-order valence-corrected chi connectivity index (χ4v) is 1.81. The highest BCUT2D eigenvalue weighted by atomic mass is 19.4. The molecular formula is C19H25F3N4O2. The van der Waals surface area contributed by atoms with Crippen molar-refractivity contribution in [3.63, 3.8) is 0 Å². The molecule has 0 aliphatic rings. The number of ether oxygens (including phenoxy) is 1. The van der Waals surface area contributed by atoms with Gasteiger partial charge < -0.3 is 15.8 Å². The lowest BCUT2D eigenvalue weighted by molar-refractivity contribution is -0.153. The molecule has 0 radical (unpaired) electrons. The van der Waals surface area contributed by atoms with E-state index >= 15 is 0 Å². The molecule has 1 amide bonds. The zero-order chi connectivity index (χ0) is 21.4. The number of alkyl halides is 3. The van der Waals surface area contributed by atoms with Crippen LogP contribution in [0.2, 0.25) is 0 Å². The first-order valence-corrected chi connectivity index (χ1v) is 8.50. The molecule has 0 fully saturated rings. The summed E-state index contributed by atoms with van der Waals surface area (Å²) in [5.74, 6) is -0.340. The quantitative estimate of drug-likeness (QED) is 0.802. The van der Waals surface area contributed by atoms with Gasteiger partial charge in [-0.2, -0.15) is 13.2 Å². The van der Waals surface area contributed by atoms with Crippen molar-refractivity contribution >= 4 is 5.91 Å². The van der Waals surface area contributed by atoms with Crippen LogP contribution in [0.5, 0.6) is 5.75 Å². The van der Waals surface area contributed by atoms with Crippen molar-refractivity contribution in [2.45, 2.75) is 45.5 Å². The van der Waals surface area contributed by atoms with Crippen LogP contribution >= 0.6 is 0 Å². The van der Waals surface area contributed by atoms with Crippen LogP contribution in [0.1, 0.15) is 49.8 Å². The first-order chi connectivity index (χ1) is 12.8. The number of rotatable bonds is 5. The number of amides is 1. The Morgan fingerprint density at radius 2 is 1.89 bits per heavy atom. The number of nitrogens with one attached hydrogen (secondary N) is 1. The van der Waals surface area contributed by atoms with E-state index in [1.54, 1.807) is 19.1 Å². The summed E-state index contributed by atoms with van der Waals surface area (Å²) in [7, 11) is 0. The molecule has 9 heteroatoms. The number of carbonyl (C=O) groups is 1. The van der Waals surface area contributed by atoms with Crippen LogP contribution in [-0.2, 0) is 0 Å². The summed E-state index contributed by atoms with van der Waals surface area (Å²) in [6.07, 6.45) is -0.237. The van der Waals surface area contributed by atoms with E-state index in [0.29, 0.717) is 5.56 Å². The highest BCUT2D eigenvalue weighted by Gasteiger charge is 2.28. The number of hydrogen-bond donors (Lipinski definition) is 2. The van der Waals surface area contributed by atoms with Gasteiger partial charge >= 0.3 is 6.18 Å². The Morgan fingerprint density at radius 3 is 2.43 bits per heavy atom. The molecule has 0 saturated carbocycles. The number of benzene rings is 1. The topological polar surface area (TPSA) is 90.1 Å². The Bertz CT molecular complexity index is 741. The average molecular weight is 398 g/mol. The van der Waals surface area contributed by atoms with Crippen molar-refractivity contribution in [3.05, 3.63) is 54.1 Å². The number of halogens is 3. The molecule has 28 heavy (non-hydrogen) atoms. The van der Waals surface area contributed by atoms with Crippen LogP contribution in [0.25, 0.3) is 0 Å². The van der Waals surface area contributed by atoms with Gasteiger partial charge in [0.05, 0.1) is 12.2 Å². The molecule has 0 aliphatic carbocycles. The molecule has 1 atom stereocenters. The molecular weight excluding hydrogens is 373 g/mol. The minimum atomic E-state index is -4.40. The average Bonchev–Trinajstić information content (AvgIpc) is 2.59. The van der Waals surface area contributed by atoms with Crippen molar-refractivity contribution in [2.75, 3.05) is 6.61 Å². The second-order valence-electron chi connectivity index (χ2n) is 7.13. The molecule has 2 aromatic rings. The molecule has 1 unspecified atom stereocenters. The van der Waals surface area contributed by atoms with E-state index in [-0.39, 0.29) is 17.0 Å². The fraction of sp³-hybridized carbons (Fsp3) is 0.421. The van der Waals surface area contributed by atoms with Crippen molar-refractivity contribution in [3.8, 4) is 5.75 Å². The first-order valence-electron chi connectivity index (χ1n) is 8.50. The molecule has 3 N–H and O–H groups in total. The van der Waals surface area contributed by atoms with Gasteiger partial charge in [0.2, 0.25) is 0 Å². The van der Waals surface area contributed by atoms with Gasteiger partial charge in [-0.15, -0.1) is 0 Å². The van der Waals surface area contributed by atoms with Crippen LogP contribution in [-0.4, -0.2) is 34.2 Å². The SMILES string of the molecule is CC(C)(C)N.CC(NC(=O)c1cnccn1)c1cccc(OCC(F)(F)F)c1. The second-order valence-corrected chi connectivity index (χ2v) is 7.13. The van der Waals surface area contributed by atoms with Crippen molar-refractivity contribution in [2.24, 2.45) is 5.73 Å². The van der Waals surface area contributed by atoms with E-state index in [1.165, 1.54) is 30.7 Å². The Balaban J connectivity index is 0.000000696. The molecule has 0 bridgehead atoms. The Kier molecular flexibility index (Phi) is 8.36. The van der Waals surface area contributed by atoms with Crippen molar-refractivity contribution in [1.29, 1.82) is 0 Å². The van der Waals surface area contributed by atoms with Crippen LogP contribution in [0, 0.1) is 0 Å². The van der Waals surface area contributed by atoms with E-state index in [9.17, 15) is 18.0 Å². The number of hydrogen-bond acceptors (Lipinski definition) is 5. The van der Waals surface area contributed by atoms with Crippen LogP contribution < -0.4 is 15.8 Å². The van der Waals surface area contributed by atoms with Gasteiger partial charge in [-0.1, -0.05) is 12.1 Å². The van der Waals surface area contributed by atoms with Gasteiger partial charge in [0, 0.05) is 17.9 Å². The van der Waals surface area contributed by atoms with E-state index in [4.69, 9.17) is 10.5 Å². The summed E-state index contributed by atoms with van der Waals surface area (Å²) in [4.78, 5) is 19.6. The summed E-state index contributed by atoms with van der Waals surface area (Å²) in [5, 5.41) is 2.69. The maximum atomic E-state index is 12.2. The normalized spacial score (nSPS) is 12.4. The van der Waals surface area contributed by atoms with E-state index in [1.807, 2.05) is 20.8 Å². The largest absolute Gasteiger partial charge is 0.484 e. The molecule has 154 valence electrons. The standard InChI is InChI=1S/C15H14F3N3O2.C4H11N/c1-10(21-14(22)13-8-19-5-6-20-13)11-3-2-4-12(7-11)23-9-15(16,17)18;1-4(2,3)5/h2-8,10H,9H2,1H3,(H,21,22);5H2,1-3H3. The van der Waals surface area contributed by atoms with E-state index in [2.05, 4.69) is 15.3 Å².